The molecule has 0 atom stereocenters. The summed E-state index contributed by atoms with van der Waals surface area (Å²) < 4.78 is 0. The standard InChI is InChI=1S/C4H10.2BrH.2Mg.4H/c1-3-4-2;;;;;;;;/h3-4H2,1-2H3;2*1H;;;;;;/q;;;2*+2;4*-1. The van der Waals surface area contributed by atoms with Crippen molar-refractivity contribution < 1.29 is 5.71 Å². The molecule has 0 nitrogen and oxygen atoms in total. The molecule has 0 heterocycles. The molecule has 0 radical (unpaired) electrons. The van der Waals surface area contributed by atoms with Gasteiger partial charge in [-0.3, -0.25) is 0 Å². The minimum absolute atomic E-state index is 0. The number of rotatable bonds is 1. The molecular formula is C4H16Br2Mg2. The Kier molecular flexibility index (Phi) is 133. The van der Waals surface area contributed by atoms with Crippen molar-refractivity contribution in [3.63, 3.8) is 0 Å². The fourth-order valence-electron chi connectivity index (χ4n) is 0. The molecule has 0 bridgehead atoms. The maximum absolute atomic E-state index is 2.18. The van der Waals surface area contributed by atoms with Crippen molar-refractivity contribution in [2.24, 2.45) is 0 Å². The molecule has 0 rings (SSSR count). The molecule has 0 saturated heterocycles. The average Bonchev–Trinajstić information content (AvgIpc) is 1.37. The zero-order valence-electron chi connectivity index (χ0n) is 9.64. The van der Waals surface area contributed by atoms with Gasteiger partial charge in [0, 0.05) is 0 Å². The molecule has 0 aromatic rings. The van der Waals surface area contributed by atoms with Crippen LogP contribution in [0.25, 0.3) is 0 Å². The van der Waals surface area contributed by atoms with Crippen LogP contribution in [-0.2, 0) is 0 Å². The van der Waals surface area contributed by atoms with E-state index in [2.05, 4.69) is 13.8 Å². The second kappa shape index (κ2) is 33.9. The van der Waals surface area contributed by atoms with Crippen molar-refractivity contribution >= 4 is 80.1 Å². The van der Waals surface area contributed by atoms with Gasteiger partial charge in [-0.05, 0) is 0 Å². The topological polar surface area (TPSA) is 0 Å². The Hall–Kier alpha value is 2.49. The van der Waals surface area contributed by atoms with E-state index in [0.29, 0.717) is 0 Å². The third-order valence-corrected chi connectivity index (χ3v) is 0.500. The molecule has 0 aromatic carbocycles. The molecule has 0 saturated carbocycles. The van der Waals surface area contributed by atoms with Crippen molar-refractivity contribution in [2.45, 2.75) is 26.7 Å². The van der Waals surface area contributed by atoms with Gasteiger partial charge in [0.15, 0.2) is 0 Å². The Morgan fingerprint density at radius 1 is 0.875 bits per heavy atom. The maximum atomic E-state index is 2.18. The molecule has 0 aliphatic heterocycles. The summed E-state index contributed by atoms with van der Waals surface area (Å²) in [7, 11) is 0. The first-order valence-electron chi connectivity index (χ1n) is 1.91. The quantitative estimate of drug-likeness (QED) is 0.644. The smallest absolute Gasteiger partial charge is 1.00 e. The second-order valence-corrected chi connectivity index (χ2v) is 1.000. The fraction of sp³-hybridized carbons (Fsp3) is 1.00. The van der Waals surface area contributed by atoms with Crippen molar-refractivity contribution in [1.82, 2.24) is 0 Å². The minimum Gasteiger partial charge on any atom is -1.00 e. The van der Waals surface area contributed by atoms with Crippen LogP contribution < -0.4 is 0 Å². The van der Waals surface area contributed by atoms with Crippen LogP contribution in [0, 0.1) is 0 Å². The van der Waals surface area contributed by atoms with Crippen LogP contribution >= 0.6 is 34.0 Å². The molecule has 50 valence electrons. The third kappa shape index (κ3) is 39.1. The molecule has 0 fully saturated rings. The van der Waals surface area contributed by atoms with Gasteiger partial charge in [0.05, 0.1) is 0 Å². The molecule has 0 spiro atoms. The third-order valence-electron chi connectivity index (χ3n) is 0.500. The molecule has 0 N–H and O–H groups in total. The maximum Gasteiger partial charge on any atom is 2.00 e. The van der Waals surface area contributed by atoms with Crippen molar-refractivity contribution in [3.05, 3.63) is 0 Å². The van der Waals surface area contributed by atoms with Crippen LogP contribution in [0.5, 0.6) is 0 Å². The van der Waals surface area contributed by atoms with Gasteiger partial charge in [0.2, 0.25) is 0 Å². The summed E-state index contributed by atoms with van der Waals surface area (Å²) in [4.78, 5) is 0. The summed E-state index contributed by atoms with van der Waals surface area (Å²) in [6.45, 7) is 4.36. The van der Waals surface area contributed by atoms with Crippen molar-refractivity contribution in [3.8, 4) is 0 Å². The minimum atomic E-state index is 0. The Morgan fingerprint density at radius 2 is 1.00 bits per heavy atom. The molecule has 0 aromatic heterocycles. The van der Waals surface area contributed by atoms with Crippen LogP contribution in [0.1, 0.15) is 32.4 Å². The first-order chi connectivity index (χ1) is 1.91. The second-order valence-electron chi connectivity index (χ2n) is 1.000. The molecule has 4 heteroatoms. The van der Waals surface area contributed by atoms with E-state index in [1.54, 1.807) is 0 Å². The normalized spacial score (nSPS) is 3.75. The molecule has 8 heavy (non-hydrogen) atoms. The van der Waals surface area contributed by atoms with Gasteiger partial charge >= 0.3 is 46.1 Å². The van der Waals surface area contributed by atoms with E-state index in [-0.39, 0.29) is 85.8 Å². The van der Waals surface area contributed by atoms with Crippen LogP contribution in [0.15, 0.2) is 0 Å². The Balaban J connectivity index is -0.00000000161. The number of unbranched alkanes of at least 4 members (excludes halogenated alkanes) is 1. The van der Waals surface area contributed by atoms with Crippen LogP contribution in [-0.4, -0.2) is 46.1 Å². The van der Waals surface area contributed by atoms with E-state index in [9.17, 15) is 0 Å². The van der Waals surface area contributed by atoms with Gasteiger partial charge in [0.1, 0.15) is 0 Å². The predicted octanol–water partition coefficient (Wildman–Crippen LogP) is 2.65. The van der Waals surface area contributed by atoms with Gasteiger partial charge in [-0.1, -0.05) is 26.7 Å². The first-order valence-corrected chi connectivity index (χ1v) is 1.91. The van der Waals surface area contributed by atoms with E-state index in [1.807, 2.05) is 0 Å². The molecule has 0 unspecified atom stereocenters. The zero-order valence-corrected chi connectivity index (χ0v) is 11.9. The average molecular weight is 273 g/mol. The Morgan fingerprint density at radius 3 is 1.00 bits per heavy atom. The number of halogens is 2. The van der Waals surface area contributed by atoms with E-state index in [1.165, 1.54) is 12.8 Å². The van der Waals surface area contributed by atoms with Gasteiger partial charge < -0.3 is 5.71 Å². The zero-order chi connectivity index (χ0) is 3.41. The first kappa shape index (κ1) is 31.3. The van der Waals surface area contributed by atoms with Crippen molar-refractivity contribution in [2.75, 3.05) is 0 Å². The molecule has 0 aliphatic rings. The van der Waals surface area contributed by atoms with Crippen molar-refractivity contribution in [1.29, 1.82) is 0 Å². The van der Waals surface area contributed by atoms with Crippen LogP contribution in [0.2, 0.25) is 0 Å². The van der Waals surface area contributed by atoms with E-state index < -0.39 is 0 Å². The number of hydrogen-bond donors (Lipinski definition) is 0. The molecular weight excluding hydrogens is 256 g/mol. The largest absolute Gasteiger partial charge is 2.00 e. The van der Waals surface area contributed by atoms with E-state index in [0.717, 1.165) is 0 Å². The molecule has 0 amide bonds. The summed E-state index contributed by atoms with van der Waals surface area (Å²) >= 11 is 0. The predicted molar refractivity (Wildman–Crippen MR) is 57.2 cm³/mol. The van der Waals surface area contributed by atoms with Gasteiger partial charge in [-0.25, -0.2) is 0 Å². The van der Waals surface area contributed by atoms with Gasteiger partial charge in [0.25, 0.3) is 0 Å². The fourth-order valence-corrected chi connectivity index (χ4v) is 0. The van der Waals surface area contributed by atoms with Crippen LogP contribution in [0.4, 0.5) is 0 Å². The summed E-state index contributed by atoms with van der Waals surface area (Å²) in [5.41, 5.74) is 0. The van der Waals surface area contributed by atoms with E-state index >= 15 is 0 Å². The summed E-state index contributed by atoms with van der Waals surface area (Å²) in [5, 5.41) is 0. The van der Waals surface area contributed by atoms with Gasteiger partial charge in [-0.2, -0.15) is 0 Å². The monoisotopic (exact) mass is 270 g/mol. The Labute approximate surface area is 111 Å². The summed E-state index contributed by atoms with van der Waals surface area (Å²) in [5.74, 6) is 0. The van der Waals surface area contributed by atoms with E-state index in [4.69, 9.17) is 0 Å². The Bertz CT molecular complexity index is 25.0. The SMILES string of the molecule is Br.Br.CCCC.[H-].[H-].[H-].[H-].[Mg+2].[Mg+2]. The summed E-state index contributed by atoms with van der Waals surface area (Å²) in [6, 6.07) is 0. The summed E-state index contributed by atoms with van der Waals surface area (Å²) in [6.07, 6.45) is 2.64. The number of hydrogen-bond acceptors (Lipinski definition) is 0. The van der Waals surface area contributed by atoms with Gasteiger partial charge in [-0.15, -0.1) is 34.0 Å². The van der Waals surface area contributed by atoms with Crippen LogP contribution in [0.3, 0.4) is 0 Å². The molecule has 0 aliphatic carbocycles.